The second kappa shape index (κ2) is 10.8. The summed E-state index contributed by atoms with van der Waals surface area (Å²) in [6.45, 7) is 3.27. The van der Waals surface area contributed by atoms with Crippen molar-refractivity contribution in [3.05, 3.63) is 83.4 Å². The van der Waals surface area contributed by atoms with E-state index in [-0.39, 0.29) is 4.90 Å². The minimum atomic E-state index is -4.00. The highest BCUT2D eigenvalue weighted by Gasteiger charge is 2.28. The minimum Gasteiger partial charge on any atom is -0.493 e. The Morgan fingerprint density at radius 2 is 1.74 bits per heavy atom. The normalized spacial score (nSPS) is 11.3. The van der Waals surface area contributed by atoms with Crippen molar-refractivity contribution in [2.75, 3.05) is 25.1 Å². The topological polar surface area (TPSA) is 97.3 Å². The predicted molar refractivity (Wildman–Crippen MR) is 132 cm³/mol. The molecule has 0 aromatic heterocycles. The molecule has 3 aromatic rings. The summed E-state index contributed by atoms with van der Waals surface area (Å²) in [6.07, 6.45) is 1.41. The molecule has 0 aliphatic carbocycles. The summed E-state index contributed by atoms with van der Waals surface area (Å²) in [5.41, 5.74) is 5.13. The number of carbonyl (C=O) groups excluding carboxylic acids is 1. The summed E-state index contributed by atoms with van der Waals surface area (Å²) in [7, 11) is -0.970. The van der Waals surface area contributed by atoms with Gasteiger partial charge in [-0.2, -0.15) is 5.10 Å². The Kier molecular flexibility index (Phi) is 7.91. The van der Waals surface area contributed by atoms with Crippen LogP contribution in [-0.4, -0.2) is 41.3 Å². The summed E-state index contributed by atoms with van der Waals surface area (Å²) in [5, 5.41) is 3.98. The van der Waals surface area contributed by atoms with Crippen molar-refractivity contribution in [3.8, 4) is 11.5 Å². The minimum absolute atomic E-state index is 0.0902. The number of hydrazone groups is 1. The van der Waals surface area contributed by atoms with Crippen molar-refractivity contribution in [2.45, 2.75) is 18.7 Å². The Balaban J connectivity index is 1.87. The van der Waals surface area contributed by atoms with E-state index in [0.717, 1.165) is 15.4 Å². The van der Waals surface area contributed by atoms with Gasteiger partial charge in [-0.3, -0.25) is 9.10 Å². The van der Waals surface area contributed by atoms with Crippen molar-refractivity contribution < 1.29 is 22.7 Å². The standard InChI is InChI=1S/C25H27N3O5S/c1-18-13-14-22(19(2)15-18)28(34(30,31)21-10-6-5-7-11-21)17-24(29)27-26-16-20-9-8-12-23(32-3)25(20)33-4/h5-16H,17H2,1-4H3,(H,27,29)/b26-16-. The van der Waals surface area contributed by atoms with Gasteiger partial charge in [-0.25, -0.2) is 13.8 Å². The van der Waals surface area contributed by atoms with E-state index in [4.69, 9.17) is 9.47 Å². The molecule has 1 N–H and O–H groups in total. The molecule has 0 spiro atoms. The van der Waals surface area contributed by atoms with Crippen molar-refractivity contribution in [1.82, 2.24) is 5.43 Å². The van der Waals surface area contributed by atoms with Gasteiger partial charge in [0, 0.05) is 5.56 Å². The van der Waals surface area contributed by atoms with Crippen LogP contribution in [-0.2, 0) is 14.8 Å². The Labute approximate surface area is 199 Å². The van der Waals surface area contributed by atoms with Crippen molar-refractivity contribution >= 4 is 27.8 Å². The lowest BCUT2D eigenvalue weighted by Gasteiger charge is -2.25. The largest absolute Gasteiger partial charge is 0.493 e. The molecule has 8 nitrogen and oxygen atoms in total. The number of anilines is 1. The molecule has 9 heteroatoms. The molecule has 178 valence electrons. The molecule has 0 bridgehead atoms. The van der Waals surface area contributed by atoms with E-state index in [9.17, 15) is 13.2 Å². The van der Waals surface area contributed by atoms with Crippen LogP contribution in [0.2, 0.25) is 0 Å². The molecule has 0 fully saturated rings. The number of benzene rings is 3. The quantitative estimate of drug-likeness (QED) is 0.372. The van der Waals surface area contributed by atoms with E-state index < -0.39 is 22.5 Å². The van der Waals surface area contributed by atoms with Crippen LogP contribution in [0.15, 0.2) is 76.7 Å². The number of nitrogens with one attached hydrogen (secondary N) is 1. The number of hydrogen-bond acceptors (Lipinski definition) is 6. The molecular weight excluding hydrogens is 454 g/mol. The van der Waals surface area contributed by atoms with Crippen LogP contribution < -0.4 is 19.2 Å². The van der Waals surface area contributed by atoms with Crippen molar-refractivity contribution in [1.29, 1.82) is 0 Å². The van der Waals surface area contributed by atoms with Gasteiger partial charge in [-0.05, 0) is 49.7 Å². The fourth-order valence-corrected chi connectivity index (χ4v) is 4.96. The SMILES string of the molecule is COc1cccc(/C=N\NC(=O)CN(c2ccc(C)cc2C)S(=O)(=O)c2ccccc2)c1OC. The highest BCUT2D eigenvalue weighted by atomic mass is 32.2. The van der Waals surface area contributed by atoms with Crippen LogP contribution in [0.25, 0.3) is 0 Å². The second-order valence-corrected chi connectivity index (χ2v) is 9.35. The van der Waals surface area contributed by atoms with Gasteiger partial charge < -0.3 is 9.47 Å². The lowest BCUT2D eigenvalue weighted by Crippen LogP contribution is -2.40. The van der Waals surface area contributed by atoms with Gasteiger partial charge in [0.15, 0.2) is 11.5 Å². The van der Waals surface area contributed by atoms with Crippen LogP contribution in [0.1, 0.15) is 16.7 Å². The Bertz CT molecular complexity index is 1290. The molecule has 3 aromatic carbocycles. The number of hydrogen-bond donors (Lipinski definition) is 1. The number of rotatable bonds is 9. The molecule has 0 saturated heterocycles. The molecule has 1 amide bonds. The van der Waals surface area contributed by atoms with Gasteiger partial charge >= 0.3 is 0 Å². The number of aryl methyl sites for hydroxylation is 2. The van der Waals surface area contributed by atoms with Crippen LogP contribution in [0.4, 0.5) is 5.69 Å². The average Bonchev–Trinajstić information content (AvgIpc) is 2.83. The van der Waals surface area contributed by atoms with E-state index in [0.29, 0.717) is 22.7 Å². The number of amides is 1. The maximum Gasteiger partial charge on any atom is 0.264 e. The van der Waals surface area contributed by atoms with Crippen LogP contribution in [0, 0.1) is 13.8 Å². The first-order valence-corrected chi connectivity index (χ1v) is 11.9. The zero-order chi connectivity index (χ0) is 24.7. The molecule has 0 heterocycles. The highest BCUT2D eigenvalue weighted by molar-refractivity contribution is 7.92. The Morgan fingerprint density at radius 1 is 1.00 bits per heavy atom. The molecular formula is C25H27N3O5S. The van der Waals surface area contributed by atoms with Gasteiger partial charge in [0.05, 0.1) is 31.0 Å². The lowest BCUT2D eigenvalue weighted by molar-refractivity contribution is -0.119. The van der Waals surface area contributed by atoms with E-state index in [1.165, 1.54) is 32.6 Å². The van der Waals surface area contributed by atoms with E-state index in [2.05, 4.69) is 10.5 Å². The van der Waals surface area contributed by atoms with Crippen molar-refractivity contribution in [3.63, 3.8) is 0 Å². The van der Waals surface area contributed by atoms with E-state index in [1.807, 2.05) is 13.0 Å². The summed E-state index contributed by atoms with van der Waals surface area (Å²) in [4.78, 5) is 12.9. The molecule has 0 saturated carbocycles. The third-order valence-corrected chi connectivity index (χ3v) is 6.84. The van der Waals surface area contributed by atoms with Gasteiger partial charge in [0.2, 0.25) is 0 Å². The fraction of sp³-hybridized carbons (Fsp3) is 0.200. The van der Waals surface area contributed by atoms with Crippen LogP contribution in [0.5, 0.6) is 11.5 Å². The first-order chi connectivity index (χ1) is 16.3. The Morgan fingerprint density at radius 3 is 2.38 bits per heavy atom. The number of para-hydroxylation sites is 1. The third kappa shape index (κ3) is 5.55. The zero-order valence-corrected chi connectivity index (χ0v) is 20.3. The van der Waals surface area contributed by atoms with Gasteiger partial charge in [-0.1, -0.05) is 42.0 Å². The van der Waals surface area contributed by atoms with Gasteiger partial charge in [0.1, 0.15) is 6.54 Å². The third-order valence-electron chi connectivity index (χ3n) is 5.07. The van der Waals surface area contributed by atoms with Crippen LogP contribution >= 0.6 is 0 Å². The first kappa shape index (κ1) is 24.8. The monoisotopic (exact) mass is 481 g/mol. The fourth-order valence-electron chi connectivity index (χ4n) is 3.46. The summed E-state index contributed by atoms with van der Waals surface area (Å²) in [5.74, 6) is 0.386. The summed E-state index contributed by atoms with van der Waals surface area (Å²) in [6, 6.07) is 18.6. The van der Waals surface area contributed by atoms with E-state index >= 15 is 0 Å². The molecule has 34 heavy (non-hydrogen) atoms. The summed E-state index contributed by atoms with van der Waals surface area (Å²) < 4.78 is 38.6. The van der Waals surface area contributed by atoms with Gasteiger partial charge in [0.25, 0.3) is 15.9 Å². The smallest absolute Gasteiger partial charge is 0.264 e. The molecule has 3 rings (SSSR count). The van der Waals surface area contributed by atoms with E-state index in [1.54, 1.807) is 55.5 Å². The number of sulfonamides is 1. The number of ether oxygens (including phenoxy) is 2. The maximum absolute atomic E-state index is 13.4. The second-order valence-electron chi connectivity index (χ2n) is 7.49. The lowest BCUT2D eigenvalue weighted by atomic mass is 10.1. The highest BCUT2D eigenvalue weighted by Crippen LogP contribution is 2.29. The molecule has 0 aliphatic heterocycles. The van der Waals surface area contributed by atoms with Crippen LogP contribution in [0.3, 0.4) is 0 Å². The number of methoxy groups -OCH3 is 2. The number of nitrogens with zero attached hydrogens (tertiary/aromatic N) is 2. The number of carbonyl (C=O) groups is 1. The Hall–Kier alpha value is -3.85. The average molecular weight is 482 g/mol. The first-order valence-electron chi connectivity index (χ1n) is 10.5. The molecule has 0 unspecified atom stereocenters. The maximum atomic E-state index is 13.4. The summed E-state index contributed by atoms with van der Waals surface area (Å²) >= 11 is 0. The molecule has 0 aliphatic rings. The van der Waals surface area contributed by atoms with Gasteiger partial charge in [-0.15, -0.1) is 0 Å². The zero-order valence-electron chi connectivity index (χ0n) is 19.5. The molecule has 0 radical (unpaired) electrons. The predicted octanol–water partition coefficient (Wildman–Crippen LogP) is 3.67. The molecule has 0 atom stereocenters. The van der Waals surface area contributed by atoms with Crippen molar-refractivity contribution in [2.24, 2.45) is 5.10 Å².